The predicted octanol–water partition coefficient (Wildman–Crippen LogP) is 11.5. The first kappa shape index (κ1) is 55.8. The first-order valence-corrected chi connectivity index (χ1v) is 28.8. The SMILES string of the molecule is CSF.N#C[C@H](C[C@@H]1CCCCC1=O)NC(=O)C1CC2(CCCCC2)CN1C(=O)c1cc2ccc(Cl)cc2[nH]1.N#C[C@H](C[C@@H]1CCCCC1=O)NC(=O)C1CC2(CCCCC2)CN1C(=O)c1cc2ccc(Cl)cc2[nH]1. The van der Waals surface area contributed by atoms with Crippen LogP contribution < -0.4 is 10.6 Å². The van der Waals surface area contributed by atoms with Crippen molar-refractivity contribution in [1.29, 1.82) is 10.5 Å². The van der Waals surface area contributed by atoms with E-state index < -0.39 is 24.2 Å². The van der Waals surface area contributed by atoms with Crippen molar-refractivity contribution in [2.45, 2.75) is 165 Å². The average Bonchev–Trinajstić information content (AvgIpc) is 4.21. The monoisotopic (exact) mass is 1080 g/mol. The number of carbonyl (C=O) groups is 6. The maximum absolute atomic E-state index is 13.7. The number of rotatable bonds is 10. The Labute approximate surface area is 453 Å². The molecule has 10 rings (SSSR count). The molecule has 75 heavy (non-hydrogen) atoms. The van der Waals surface area contributed by atoms with Gasteiger partial charge in [0.1, 0.15) is 47.1 Å². The summed E-state index contributed by atoms with van der Waals surface area (Å²) in [6, 6.07) is 16.1. The number of H-pyrrole nitrogens is 2. The third kappa shape index (κ3) is 13.4. The summed E-state index contributed by atoms with van der Waals surface area (Å²) in [4.78, 5) is 88.9. The van der Waals surface area contributed by atoms with Gasteiger partial charge in [0.25, 0.3) is 11.8 Å². The van der Waals surface area contributed by atoms with Crippen LogP contribution in [0.5, 0.6) is 0 Å². The minimum Gasteiger partial charge on any atom is -0.350 e. The molecule has 4 aromatic rings. The highest BCUT2D eigenvalue weighted by atomic mass is 35.5. The molecular formula is C57H69Cl2FN8O6S. The first-order chi connectivity index (χ1) is 36.2. The van der Waals surface area contributed by atoms with Crippen molar-refractivity contribution in [3.05, 3.63) is 70.0 Å². The van der Waals surface area contributed by atoms with E-state index in [1.165, 1.54) is 19.1 Å². The van der Waals surface area contributed by atoms with Crippen LogP contribution in [0.15, 0.2) is 48.5 Å². The Kier molecular flexibility index (Phi) is 18.7. The van der Waals surface area contributed by atoms with Gasteiger partial charge in [-0.05, 0) is 124 Å². The number of hydrogen-bond acceptors (Lipinski definition) is 9. The summed E-state index contributed by atoms with van der Waals surface area (Å²) in [7, 11) is 0. The Hall–Kier alpha value is -5.42. The van der Waals surface area contributed by atoms with Crippen molar-refractivity contribution in [3.8, 4) is 12.1 Å². The number of amides is 4. The molecule has 4 saturated carbocycles. The van der Waals surface area contributed by atoms with E-state index in [-0.39, 0.29) is 70.0 Å². The summed E-state index contributed by atoms with van der Waals surface area (Å²) in [5.74, 6) is -0.968. The number of aromatic amines is 2. The molecule has 6 fully saturated rings. The zero-order valence-corrected chi connectivity index (χ0v) is 45.2. The lowest BCUT2D eigenvalue weighted by Crippen LogP contribution is -2.49. The van der Waals surface area contributed by atoms with Gasteiger partial charge in [-0.25, -0.2) is 0 Å². The van der Waals surface area contributed by atoms with Gasteiger partial charge in [-0.15, -0.1) is 0 Å². The van der Waals surface area contributed by atoms with Crippen LogP contribution in [0.1, 0.15) is 162 Å². The zero-order chi connectivity index (χ0) is 53.3. The van der Waals surface area contributed by atoms with Crippen molar-refractivity contribution in [2.24, 2.45) is 22.7 Å². The number of fused-ring (bicyclic) bond motifs is 2. The highest BCUT2D eigenvalue weighted by Gasteiger charge is 2.51. The van der Waals surface area contributed by atoms with Gasteiger partial charge in [0.15, 0.2) is 0 Å². The highest BCUT2D eigenvalue weighted by molar-refractivity contribution is 7.93. The van der Waals surface area contributed by atoms with E-state index >= 15 is 0 Å². The zero-order valence-electron chi connectivity index (χ0n) is 42.8. The molecule has 6 atom stereocenters. The van der Waals surface area contributed by atoms with Gasteiger partial charge in [-0.1, -0.05) is 86.7 Å². The van der Waals surface area contributed by atoms with Crippen LogP contribution in [0.4, 0.5) is 3.89 Å². The standard InChI is InChI=1S/2C28H33ClN4O3.CH3FS/c2*29-20-9-8-18-13-23(32-22(18)14-20)27(36)33-17-28(10-4-1-5-11-28)15-24(33)26(35)31-21(16-30)12-19-6-2-3-7-25(19)34;1-3-2/h2*8-9,13-14,19,21,24,32H,1-7,10-12,15,17H2,(H,31,35);1H3/t2*19-,21-,24?;/m00./s1. The predicted molar refractivity (Wildman–Crippen MR) is 289 cm³/mol. The molecule has 2 aromatic heterocycles. The molecule has 0 bridgehead atoms. The molecule has 400 valence electrons. The summed E-state index contributed by atoms with van der Waals surface area (Å²) < 4.78 is 10.2. The van der Waals surface area contributed by atoms with Gasteiger partial charge < -0.3 is 30.4 Å². The number of aromatic nitrogens is 2. The van der Waals surface area contributed by atoms with Gasteiger partial charge in [-0.3, -0.25) is 28.8 Å². The average molecular weight is 1080 g/mol. The maximum Gasteiger partial charge on any atom is 0.271 e. The molecule has 0 radical (unpaired) electrons. The molecular weight excluding hydrogens is 1010 g/mol. The van der Waals surface area contributed by atoms with Gasteiger partial charge >= 0.3 is 0 Å². The number of carbonyl (C=O) groups excluding carboxylic acids is 6. The fourth-order valence-corrected chi connectivity index (χ4v) is 13.4. The van der Waals surface area contributed by atoms with Gasteiger partial charge in [0.2, 0.25) is 11.8 Å². The maximum atomic E-state index is 13.7. The number of halogens is 3. The van der Waals surface area contributed by atoms with E-state index in [0.717, 1.165) is 112 Å². The van der Waals surface area contributed by atoms with Crippen LogP contribution in [0, 0.1) is 45.3 Å². The van der Waals surface area contributed by atoms with Gasteiger partial charge in [0.05, 0.1) is 12.1 Å². The molecule has 2 unspecified atom stereocenters. The fraction of sp³-hybridized carbons (Fsp3) is 0.579. The van der Waals surface area contributed by atoms with E-state index in [4.69, 9.17) is 23.2 Å². The van der Waals surface area contributed by atoms with Gasteiger partial charge in [-0.2, -0.15) is 14.4 Å². The molecule has 14 nitrogen and oxygen atoms in total. The van der Waals surface area contributed by atoms with Crippen molar-refractivity contribution >= 4 is 92.4 Å². The van der Waals surface area contributed by atoms with E-state index in [1.807, 2.05) is 24.3 Å². The quantitative estimate of drug-likeness (QED) is 0.119. The lowest BCUT2D eigenvalue weighted by Gasteiger charge is -2.32. The number of Topliss-reactive ketones (excluding diaryl/α,β-unsaturated/α-hetero) is 2. The van der Waals surface area contributed by atoms with Crippen LogP contribution in [0.25, 0.3) is 21.8 Å². The normalized spacial score (nSPS) is 23.8. The largest absolute Gasteiger partial charge is 0.350 e. The summed E-state index contributed by atoms with van der Waals surface area (Å²) in [6.45, 7) is 1.08. The first-order valence-electron chi connectivity index (χ1n) is 27.0. The van der Waals surface area contributed by atoms with Crippen LogP contribution in [-0.2, 0) is 19.2 Å². The topological polar surface area (TPSA) is 212 Å². The number of nitrogens with one attached hydrogen (secondary N) is 4. The van der Waals surface area contributed by atoms with Crippen LogP contribution in [0.3, 0.4) is 0 Å². The number of benzene rings is 2. The van der Waals surface area contributed by atoms with Crippen molar-refractivity contribution < 1.29 is 32.7 Å². The van der Waals surface area contributed by atoms with Crippen LogP contribution in [-0.4, -0.2) is 98.5 Å². The van der Waals surface area contributed by atoms with E-state index in [2.05, 4.69) is 32.7 Å². The third-order valence-electron chi connectivity index (χ3n) is 16.9. The minimum atomic E-state index is -0.736. The molecule has 2 aromatic carbocycles. The number of likely N-dealkylation sites (tertiary alicyclic amines) is 2. The lowest BCUT2D eigenvalue weighted by atomic mass is 9.72. The molecule has 4 amide bonds. The van der Waals surface area contributed by atoms with Crippen molar-refractivity contribution in [3.63, 3.8) is 0 Å². The van der Waals surface area contributed by atoms with Crippen LogP contribution >= 0.6 is 35.3 Å². The summed E-state index contributed by atoms with van der Waals surface area (Å²) in [5.41, 5.74) is 2.30. The number of nitrogens with zero attached hydrogens (tertiary/aromatic N) is 4. The van der Waals surface area contributed by atoms with E-state index in [9.17, 15) is 43.2 Å². The third-order valence-corrected chi connectivity index (χ3v) is 17.4. The second-order valence-electron chi connectivity index (χ2n) is 22.1. The molecule has 4 N–H and O–H groups in total. The molecule has 2 spiro atoms. The Morgan fingerprint density at radius 1 is 0.653 bits per heavy atom. The lowest BCUT2D eigenvalue weighted by molar-refractivity contribution is -0.127. The van der Waals surface area contributed by atoms with E-state index in [0.29, 0.717) is 73.0 Å². The molecule has 6 aliphatic rings. The molecule has 4 heterocycles. The van der Waals surface area contributed by atoms with Crippen LogP contribution in [0.2, 0.25) is 10.0 Å². The molecule has 18 heteroatoms. The number of ketones is 2. The second-order valence-corrected chi connectivity index (χ2v) is 23.3. The Morgan fingerprint density at radius 3 is 1.40 bits per heavy atom. The molecule has 2 saturated heterocycles. The molecule has 4 aliphatic carbocycles. The fourth-order valence-electron chi connectivity index (χ4n) is 13.1. The Balaban J connectivity index is 0.000000189. The summed E-state index contributed by atoms with van der Waals surface area (Å²) in [6.07, 6.45) is 20.5. The smallest absolute Gasteiger partial charge is 0.271 e. The van der Waals surface area contributed by atoms with E-state index in [1.54, 1.807) is 34.1 Å². The Bertz CT molecular complexity index is 2640. The second kappa shape index (κ2) is 25.2. The summed E-state index contributed by atoms with van der Waals surface area (Å²) >= 11 is 12.5. The molecule has 2 aliphatic heterocycles. The van der Waals surface area contributed by atoms with Crippen molar-refractivity contribution in [1.82, 2.24) is 30.4 Å². The number of hydrogen-bond donors (Lipinski definition) is 4. The van der Waals surface area contributed by atoms with Crippen molar-refractivity contribution in [2.75, 3.05) is 19.3 Å². The Morgan fingerprint density at radius 2 is 1.04 bits per heavy atom. The van der Waals surface area contributed by atoms with Gasteiger partial charge in [0, 0.05) is 88.0 Å². The highest BCUT2D eigenvalue weighted by Crippen LogP contribution is 2.48. The number of nitriles is 2. The summed E-state index contributed by atoms with van der Waals surface area (Å²) in [5, 5.41) is 28.3. The minimum absolute atomic E-state index is 0.0628.